The first kappa shape index (κ1) is 13.8. The molecule has 1 N–H and O–H groups in total. The first-order valence-corrected chi connectivity index (χ1v) is 7.27. The van der Waals surface area contributed by atoms with Crippen molar-refractivity contribution >= 4 is 11.7 Å². The van der Waals surface area contributed by atoms with E-state index in [-0.39, 0.29) is 5.91 Å². The van der Waals surface area contributed by atoms with Crippen LogP contribution in [0.15, 0.2) is 18.3 Å². The highest BCUT2D eigenvalue weighted by Crippen LogP contribution is 2.20. The monoisotopic (exact) mass is 261 g/mol. The van der Waals surface area contributed by atoms with Crippen LogP contribution in [-0.4, -0.2) is 30.0 Å². The molecular weight excluding hydrogens is 238 g/mol. The predicted octanol–water partition coefficient (Wildman–Crippen LogP) is 2.60. The molecule has 19 heavy (non-hydrogen) atoms. The van der Waals surface area contributed by atoms with Crippen LogP contribution in [0.1, 0.15) is 49.9 Å². The molecule has 104 valence electrons. The standard InChI is InChI=1S/C15H23N3O/c1-3-18(4-2)14-13(10-7-11-16-14)15(19)17-12-8-5-6-9-12/h7,10-12H,3-6,8-9H2,1-2H3,(H,17,19). The number of hydrogen-bond acceptors (Lipinski definition) is 3. The zero-order valence-electron chi connectivity index (χ0n) is 11.9. The zero-order valence-corrected chi connectivity index (χ0v) is 11.9. The van der Waals surface area contributed by atoms with Crippen molar-refractivity contribution in [3.8, 4) is 0 Å². The molecule has 2 rings (SSSR count). The zero-order chi connectivity index (χ0) is 13.7. The van der Waals surface area contributed by atoms with E-state index < -0.39 is 0 Å². The Balaban J connectivity index is 2.15. The summed E-state index contributed by atoms with van der Waals surface area (Å²) in [4.78, 5) is 18.9. The van der Waals surface area contributed by atoms with E-state index in [0.29, 0.717) is 11.6 Å². The summed E-state index contributed by atoms with van der Waals surface area (Å²) >= 11 is 0. The van der Waals surface area contributed by atoms with Gasteiger partial charge in [-0.05, 0) is 38.8 Å². The lowest BCUT2D eigenvalue weighted by molar-refractivity contribution is 0.0938. The lowest BCUT2D eigenvalue weighted by Gasteiger charge is -2.22. The fourth-order valence-corrected chi connectivity index (χ4v) is 2.68. The highest BCUT2D eigenvalue weighted by atomic mass is 16.1. The number of hydrogen-bond donors (Lipinski definition) is 1. The van der Waals surface area contributed by atoms with Crippen LogP contribution in [0.25, 0.3) is 0 Å². The average molecular weight is 261 g/mol. The minimum Gasteiger partial charge on any atom is -0.357 e. The van der Waals surface area contributed by atoms with Gasteiger partial charge < -0.3 is 10.2 Å². The van der Waals surface area contributed by atoms with E-state index in [9.17, 15) is 4.79 Å². The number of amides is 1. The molecule has 0 spiro atoms. The van der Waals surface area contributed by atoms with E-state index in [1.54, 1.807) is 6.20 Å². The van der Waals surface area contributed by atoms with Gasteiger partial charge >= 0.3 is 0 Å². The van der Waals surface area contributed by atoms with Crippen LogP contribution < -0.4 is 10.2 Å². The van der Waals surface area contributed by atoms with Gasteiger partial charge in [0.15, 0.2) is 0 Å². The molecule has 0 atom stereocenters. The largest absolute Gasteiger partial charge is 0.357 e. The molecule has 4 nitrogen and oxygen atoms in total. The molecule has 0 unspecified atom stereocenters. The van der Waals surface area contributed by atoms with Gasteiger partial charge in [0.25, 0.3) is 5.91 Å². The van der Waals surface area contributed by atoms with Crippen LogP contribution in [0.2, 0.25) is 0 Å². The summed E-state index contributed by atoms with van der Waals surface area (Å²) in [6.45, 7) is 5.88. The van der Waals surface area contributed by atoms with Crippen LogP contribution in [-0.2, 0) is 0 Å². The molecule has 0 aromatic carbocycles. The molecule has 1 aromatic rings. The summed E-state index contributed by atoms with van der Waals surface area (Å²) in [5.74, 6) is 0.810. The maximum atomic E-state index is 12.4. The van der Waals surface area contributed by atoms with Crippen molar-refractivity contribution in [2.24, 2.45) is 0 Å². The quantitative estimate of drug-likeness (QED) is 0.886. The van der Waals surface area contributed by atoms with E-state index >= 15 is 0 Å². The van der Waals surface area contributed by atoms with E-state index in [4.69, 9.17) is 0 Å². The van der Waals surface area contributed by atoms with Crippen LogP contribution >= 0.6 is 0 Å². The summed E-state index contributed by atoms with van der Waals surface area (Å²) in [5, 5.41) is 3.13. The topological polar surface area (TPSA) is 45.2 Å². The van der Waals surface area contributed by atoms with Crippen LogP contribution in [0.5, 0.6) is 0 Å². The highest BCUT2D eigenvalue weighted by molar-refractivity contribution is 5.99. The van der Waals surface area contributed by atoms with E-state index in [2.05, 4.69) is 29.0 Å². The Labute approximate surface area is 115 Å². The van der Waals surface area contributed by atoms with Crippen molar-refractivity contribution in [2.45, 2.75) is 45.6 Å². The average Bonchev–Trinajstić information content (AvgIpc) is 2.93. The maximum Gasteiger partial charge on any atom is 0.255 e. The summed E-state index contributed by atoms with van der Waals surface area (Å²) in [6.07, 6.45) is 6.40. The Hall–Kier alpha value is -1.58. The van der Waals surface area contributed by atoms with Crippen molar-refractivity contribution in [2.75, 3.05) is 18.0 Å². The van der Waals surface area contributed by atoms with Crippen molar-refractivity contribution in [3.05, 3.63) is 23.9 Å². The number of pyridine rings is 1. The van der Waals surface area contributed by atoms with Crippen molar-refractivity contribution in [1.29, 1.82) is 0 Å². The molecular formula is C15H23N3O. The third-order valence-corrected chi connectivity index (χ3v) is 3.78. The van der Waals surface area contributed by atoms with Gasteiger partial charge in [-0.2, -0.15) is 0 Å². The molecule has 1 aliphatic carbocycles. The second-order valence-corrected chi connectivity index (χ2v) is 5.00. The molecule has 0 aliphatic heterocycles. The summed E-state index contributed by atoms with van der Waals surface area (Å²) in [6, 6.07) is 4.04. The number of nitrogens with zero attached hydrogens (tertiary/aromatic N) is 2. The Morgan fingerprint density at radius 2 is 2.05 bits per heavy atom. The Morgan fingerprint density at radius 3 is 2.68 bits per heavy atom. The molecule has 0 radical (unpaired) electrons. The summed E-state index contributed by atoms with van der Waals surface area (Å²) in [7, 11) is 0. The maximum absolute atomic E-state index is 12.4. The number of carbonyl (C=O) groups is 1. The number of aromatic nitrogens is 1. The number of carbonyl (C=O) groups excluding carboxylic acids is 1. The molecule has 0 saturated heterocycles. The molecule has 1 amide bonds. The van der Waals surface area contributed by atoms with E-state index in [1.165, 1.54) is 12.8 Å². The second kappa shape index (κ2) is 6.55. The van der Waals surface area contributed by atoms with Crippen LogP contribution in [0.4, 0.5) is 5.82 Å². The fourth-order valence-electron chi connectivity index (χ4n) is 2.68. The number of nitrogens with one attached hydrogen (secondary N) is 1. The molecule has 4 heteroatoms. The Kier molecular flexibility index (Phi) is 4.77. The first-order chi connectivity index (χ1) is 9.26. The van der Waals surface area contributed by atoms with Gasteiger partial charge in [0.2, 0.25) is 0 Å². The molecule has 1 aliphatic rings. The minimum absolute atomic E-state index is 0.0156. The molecule has 1 fully saturated rings. The lowest BCUT2D eigenvalue weighted by Crippen LogP contribution is -2.34. The Bertz CT molecular complexity index is 423. The van der Waals surface area contributed by atoms with Gasteiger partial charge in [-0.1, -0.05) is 12.8 Å². The molecule has 1 aromatic heterocycles. The highest BCUT2D eigenvalue weighted by Gasteiger charge is 2.21. The van der Waals surface area contributed by atoms with Crippen molar-refractivity contribution in [3.63, 3.8) is 0 Å². The third-order valence-electron chi connectivity index (χ3n) is 3.78. The van der Waals surface area contributed by atoms with Gasteiger partial charge in [-0.25, -0.2) is 4.98 Å². The molecule has 0 bridgehead atoms. The number of anilines is 1. The van der Waals surface area contributed by atoms with Crippen LogP contribution in [0.3, 0.4) is 0 Å². The van der Waals surface area contributed by atoms with Gasteiger partial charge in [0.1, 0.15) is 5.82 Å². The minimum atomic E-state index is 0.0156. The van der Waals surface area contributed by atoms with Crippen LogP contribution in [0, 0.1) is 0 Å². The van der Waals surface area contributed by atoms with E-state index in [1.807, 2.05) is 12.1 Å². The van der Waals surface area contributed by atoms with Gasteiger partial charge in [-0.3, -0.25) is 4.79 Å². The second-order valence-electron chi connectivity index (χ2n) is 5.00. The lowest BCUT2D eigenvalue weighted by atomic mass is 10.2. The summed E-state index contributed by atoms with van der Waals surface area (Å²) < 4.78 is 0. The van der Waals surface area contributed by atoms with Crippen molar-refractivity contribution < 1.29 is 4.79 Å². The molecule has 1 saturated carbocycles. The SMILES string of the molecule is CCN(CC)c1ncccc1C(=O)NC1CCCC1. The Morgan fingerprint density at radius 1 is 1.37 bits per heavy atom. The smallest absolute Gasteiger partial charge is 0.255 e. The predicted molar refractivity (Wildman–Crippen MR) is 77.5 cm³/mol. The van der Waals surface area contributed by atoms with Gasteiger partial charge in [0, 0.05) is 25.3 Å². The van der Waals surface area contributed by atoms with E-state index in [0.717, 1.165) is 31.7 Å². The van der Waals surface area contributed by atoms with Gasteiger partial charge in [0.05, 0.1) is 5.56 Å². The normalized spacial score (nSPS) is 15.5. The number of rotatable bonds is 5. The first-order valence-electron chi connectivity index (χ1n) is 7.27. The fraction of sp³-hybridized carbons (Fsp3) is 0.600. The summed E-state index contributed by atoms with van der Waals surface area (Å²) in [5.41, 5.74) is 0.693. The molecule has 1 heterocycles. The third kappa shape index (κ3) is 3.25. The van der Waals surface area contributed by atoms with Crippen molar-refractivity contribution in [1.82, 2.24) is 10.3 Å². The van der Waals surface area contributed by atoms with Gasteiger partial charge in [-0.15, -0.1) is 0 Å².